The molecule has 0 amide bonds. The van der Waals surface area contributed by atoms with Crippen molar-refractivity contribution in [3.8, 4) is 17.0 Å². The molecule has 0 aliphatic carbocycles. The summed E-state index contributed by atoms with van der Waals surface area (Å²) in [4.78, 5) is 8.48. The molecule has 1 aromatic heterocycles. The Labute approximate surface area is 112 Å². The molecule has 0 unspecified atom stereocenters. The summed E-state index contributed by atoms with van der Waals surface area (Å²) in [5.74, 6) is 1.87. The monoisotopic (exact) mass is 262 g/mol. The molecule has 0 aliphatic heterocycles. The third-order valence-electron chi connectivity index (χ3n) is 2.60. The minimum atomic E-state index is 0.323. The van der Waals surface area contributed by atoms with Gasteiger partial charge < -0.3 is 4.74 Å². The molecule has 0 spiro atoms. The van der Waals surface area contributed by atoms with Gasteiger partial charge in [0.25, 0.3) is 0 Å². The van der Waals surface area contributed by atoms with Gasteiger partial charge in [-0.3, -0.25) is 0 Å². The van der Waals surface area contributed by atoms with Crippen molar-refractivity contribution in [2.24, 2.45) is 0 Å². The molecule has 0 radical (unpaired) electrons. The Kier molecular flexibility index (Phi) is 4.15. The molecule has 3 nitrogen and oxygen atoms in total. The SMILES string of the molecule is CCOc1ccc(-c2ccnc(CCl)n2)cc1C. The summed E-state index contributed by atoms with van der Waals surface area (Å²) in [6, 6.07) is 7.91. The highest BCUT2D eigenvalue weighted by Crippen LogP contribution is 2.25. The Morgan fingerprint density at radius 1 is 1.28 bits per heavy atom. The lowest BCUT2D eigenvalue weighted by Gasteiger charge is -2.09. The Hall–Kier alpha value is -1.61. The molecule has 0 atom stereocenters. The molecule has 0 fully saturated rings. The second-order valence-corrected chi connectivity index (χ2v) is 4.17. The van der Waals surface area contributed by atoms with Crippen LogP contribution in [0.15, 0.2) is 30.5 Å². The first-order chi connectivity index (χ1) is 8.74. The number of hydrogen-bond acceptors (Lipinski definition) is 3. The number of aromatic nitrogens is 2. The fraction of sp³-hybridized carbons (Fsp3) is 0.286. The average molecular weight is 263 g/mol. The van der Waals surface area contributed by atoms with Gasteiger partial charge in [-0.25, -0.2) is 9.97 Å². The third kappa shape index (κ3) is 2.79. The summed E-state index contributed by atoms with van der Waals surface area (Å²) in [5.41, 5.74) is 3.02. The van der Waals surface area contributed by atoms with Gasteiger partial charge in [0, 0.05) is 11.8 Å². The van der Waals surface area contributed by atoms with Crippen LogP contribution in [0.25, 0.3) is 11.3 Å². The summed E-state index contributed by atoms with van der Waals surface area (Å²) < 4.78 is 5.52. The second kappa shape index (κ2) is 5.83. The fourth-order valence-electron chi connectivity index (χ4n) is 1.75. The van der Waals surface area contributed by atoms with Crippen LogP contribution in [-0.4, -0.2) is 16.6 Å². The first-order valence-electron chi connectivity index (χ1n) is 5.86. The molecule has 1 aromatic carbocycles. The second-order valence-electron chi connectivity index (χ2n) is 3.91. The van der Waals surface area contributed by atoms with Gasteiger partial charge in [-0.15, -0.1) is 11.6 Å². The van der Waals surface area contributed by atoms with E-state index in [4.69, 9.17) is 16.3 Å². The topological polar surface area (TPSA) is 35.0 Å². The van der Waals surface area contributed by atoms with E-state index in [1.807, 2.05) is 32.0 Å². The van der Waals surface area contributed by atoms with Gasteiger partial charge in [-0.05, 0) is 43.7 Å². The number of alkyl halides is 1. The molecule has 0 bridgehead atoms. The lowest BCUT2D eigenvalue weighted by atomic mass is 10.1. The number of hydrogen-bond donors (Lipinski definition) is 0. The molecule has 94 valence electrons. The predicted octanol–water partition coefficient (Wildman–Crippen LogP) is 3.59. The van der Waals surface area contributed by atoms with Crippen LogP contribution in [0.1, 0.15) is 18.3 Å². The van der Waals surface area contributed by atoms with Crippen molar-refractivity contribution >= 4 is 11.6 Å². The largest absolute Gasteiger partial charge is 0.494 e. The minimum absolute atomic E-state index is 0.323. The molecule has 18 heavy (non-hydrogen) atoms. The lowest BCUT2D eigenvalue weighted by molar-refractivity contribution is 0.338. The highest BCUT2D eigenvalue weighted by atomic mass is 35.5. The zero-order valence-electron chi connectivity index (χ0n) is 10.5. The zero-order valence-corrected chi connectivity index (χ0v) is 11.2. The van der Waals surface area contributed by atoms with Gasteiger partial charge in [0.05, 0.1) is 18.2 Å². The van der Waals surface area contributed by atoms with Crippen molar-refractivity contribution in [1.29, 1.82) is 0 Å². The van der Waals surface area contributed by atoms with Crippen molar-refractivity contribution < 1.29 is 4.74 Å². The van der Waals surface area contributed by atoms with E-state index in [1.165, 1.54) is 0 Å². The number of halogens is 1. The van der Waals surface area contributed by atoms with E-state index in [-0.39, 0.29) is 0 Å². The van der Waals surface area contributed by atoms with Gasteiger partial charge in [0.15, 0.2) is 0 Å². The Bertz CT molecular complexity index is 543. The van der Waals surface area contributed by atoms with E-state index in [2.05, 4.69) is 16.0 Å². The molecule has 0 N–H and O–H groups in total. The Balaban J connectivity index is 2.35. The molecular formula is C14H15ClN2O. The number of aryl methyl sites for hydroxylation is 1. The molecule has 4 heteroatoms. The van der Waals surface area contributed by atoms with Crippen LogP contribution in [-0.2, 0) is 5.88 Å². The summed E-state index contributed by atoms with van der Waals surface area (Å²) in [6.45, 7) is 4.67. The predicted molar refractivity (Wildman–Crippen MR) is 72.9 cm³/mol. The zero-order chi connectivity index (χ0) is 13.0. The van der Waals surface area contributed by atoms with Gasteiger partial charge in [-0.1, -0.05) is 0 Å². The van der Waals surface area contributed by atoms with Crippen LogP contribution in [0.2, 0.25) is 0 Å². The Morgan fingerprint density at radius 3 is 2.78 bits per heavy atom. The van der Waals surface area contributed by atoms with Crippen molar-refractivity contribution in [2.75, 3.05) is 6.61 Å². The standard InChI is InChI=1S/C14H15ClN2O/c1-3-18-13-5-4-11(8-10(13)2)12-6-7-16-14(9-15)17-12/h4-8H,3,9H2,1-2H3. The van der Waals surface area contributed by atoms with Crippen LogP contribution in [0.4, 0.5) is 0 Å². The van der Waals surface area contributed by atoms with E-state index in [0.717, 1.165) is 22.6 Å². The maximum Gasteiger partial charge on any atom is 0.143 e. The van der Waals surface area contributed by atoms with Gasteiger partial charge >= 0.3 is 0 Å². The van der Waals surface area contributed by atoms with Crippen molar-refractivity contribution in [2.45, 2.75) is 19.7 Å². The fourth-order valence-corrected chi connectivity index (χ4v) is 1.88. The maximum atomic E-state index is 5.74. The van der Waals surface area contributed by atoms with Crippen molar-refractivity contribution in [1.82, 2.24) is 9.97 Å². The maximum absolute atomic E-state index is 5.74. The highest BCUT2D eigenvalue weighted by Gasteiger charge is 2.05. The summed E-state index contributed by atoms with van der Waals surface area (Å²) >= 11 is 5.74. The van der Waals surface area contributed by atoms with E-state index in [1.54, 1.807) is 6.20 Å². The van der Waals surface area contributed by atoms with Crippen LogP contribution in [0.3, 0.4) is 0 Å². The average Bonchev–Trinajstić information content (AvgIpc) is 2.41. The number of ether oxygens (including phenoxy) is 1. The number of nitrogens with zero attached hydrogens (tertiary/aromatic N) is 2. The minimum Gasteiger partial charge on any atom is -0.494 e. The van der Waals surface area contributed by atoms with Gasteiger partial charge in [0.2, 0.25) is 0 Å². The normalized spacial score (nSPS) is 10.4. The molecule has 2 aromatic rings. The first kappa shape index (κ1) is 12.8. The van der Waals surface area contributed by atoms with E-state index in [9.17, 15) is 0 Å². The number of rotatable bonds is 4. The molecule has 0 saturated heterocycles. The van der Waals surface area contributed by atoms with E-state index < -0.39 is 0 Å². The van der Waals surface area contributed by atoms with Crippen molar-refractivity contribution in [3.63, 3.8) is 0 Å². The highest BCUT2D eigenvalue weighted by molar-refractivity contribution is 6.16. The summed E-state index contributed by atoms with van der Waals surface area (Å²) in [5, 5.41) is 0. The van der Waals surface area contributed by atoms with Crippen molar-refractivity contribution in [3.05, 3.63) is 41.9 Å². The third-order valence-corrected chi connectivity index (χ3v) is 2.83. The van der Waals surface area contributed by atoms with Crippen LogP contribution < -0.4 is 4.74 Å². The van der Waals surface area contributed by atoms with Crippen LogP contribution in [0, 0.1) is 6.92 Å². The van der Waals surface area contributed by atoms with Gasteiger partial charge in [-0.2, -0.15) is 0 Å². The Morgan fingerprint density at radius 2 is 2.11 bits per heavy atom. The number of benzene rings is 1. The molecule has 1 heterocycles. The molecule has 0 saturated carbocycles. The molecule has 2 rings (SSSR count). The molecular weight excluding hydrogens is 248 g/mol. The molecule has 0 aliphatic rings. The summed E-state index contributed by atoms with van der Waals surface area (Å²) in [6.07, 6.45) is 1.73. The van der Waals surface area contributed by atoms with Crippen LogP contribution in [0.5, 0.6) is 5.75 Å². The smallest absolute Gasteiger partial charge is 0.143 e. The van der Waals surface area contributed by atoms with E-state index in [0.29, 0.717) is 18.3 Å². The summed E-state index contributed by atoms with van der Waals surface area (Å²) in [7, 11) is 0. The quantitative estimate of drug-likeness (QED) is 0.790. The lowest BCUT2D eigenvalue weighted by Crippen LogP contribution is -1.96. The van der Waals surface area contributed by atoms with Crippen LogP contribution >= 0.6 is 11.6 Å². The van der Waals surface area contributed by atoms with Gasteiger partial charge in [0.1, 0.15) is 11.6 Å². The first-order valence-corrected chi connectivity index (χ1v) is 6.39. The van der Waals surface area contributed by atoms with E-state index >= 15 is 0 Å².